The zero-order valence-corrected chi connectivity index (χ0v) is 11.6. The summed E-state index contributed by atoms with van der Waals surface area (Å²) in [5, 5.41) is 1.84. The van der Waals surface area contributed by atoms with Gasteiger partial charge in [-0.1, -0.05) is 17.7 Å². The van der Waals surface area contributed by atoms with Crippen LogP contribution in [0.1, 0.15) is 17.3 Å². The van der Waals surface area contributed by atoms with E-state index in [0.717, 1.165) is 14.9 Å². The van der Waals surface area contributed by atoms with Crippen LogP contribution < -0.4 is 0 Å². The molecule has 1 aromatic carbocycles. The molecule has 4 nitrogen and oxygen atoms in total. The van der Waals surface area contributed by atoms with Crippen LogP contribution >= 0.6 is 22.9 Å². The van der Waals surface area contributed by atoms with E-state index in [-0.39, 0.29) is 5.97 Å². The third-order valence-corrected chi connectivity index (χ3v) is 4.09. The number of hydrogen-bond acceptors (Lipinski definition) is 5. The Morgan fingerprint density at radius 3 is 3.00 bits per heavy atom. The number of esters is 1. The van der Waals surface area contributed by atoms with Gasteiger partial charge in [-0.25, -0.2) is 14.8 Å². The van der Waals surface area contributed by atoms with Crippen molar-refractivity contribution in [1.29, 1.82) is 0 Å². The first kappa shape index (κ1) is 12.3. The number of carbonyl (C=O) groups is 1. The minimum absolute atomic E-state index is 0.335. The summed E-state index contributed by atoms with van der Waals surface area (Å²) in [5.74, 6) is -0.354. The second-order valence-electron chi connectivity index (χ2n) is 3.85. The molecule has 0 amide bonds. The Labute approximate surface area is 118 Å². The van der Waals surface area contributed by atoms with Gasteiger partial charge in [0, 0.05) is 10.1 Å². The summed E-state index contributed by atoms with van der Waals surface area (Å²) in [7, 11) is 0. The average Bonchev–Trinajstić information content (AvgIpc) is 2.78. The lowest BCUT2D eigenvalue weighted by Gasteiger charge is -2.03. The van der Waals surface area contributed by atoms with Gasteiger partial charge in [0.05, 0.1) is 17.6 Å². The summed E-state index contributed by atoms with van der Waals surface area (Å²) < 4.78 is 6.02. The van der Waals surface area contributed by atoms with Gasteiger partial charge in [-0.3, -0.25) is 0 Å². The Balaban J connectivity index is 2.40. The van der Waals surface area contributed by atoms with Gasteiger partial charge in [-0.2, -0.15) is 0 Å². The Morgan fingerprint density at radius 1 is 1.37 bits per heavy atom. The average molecular weight is 293 g/mol. The van der Waals surface area contributed by atoms with Crippen molar-refractivity contribution in [3.05, 3.63) is 35.2 Å². The third kappa shape index (κ3) is 1.95. The van der Waals surface area contributed by atoms with Crippen molar-refractivity contribution in [2.75, 3.05) is 6.61 Å². The fourth-order valence-corrected chi connectivity index (χ4v) is 3.35. The van der Waals surface area contributed by atoms with Crippen molar-refractivity contribution in [2.24, 2.45) is 0 Å². The van der Waals surface area contributed by atoms with Gasteiger partial charge in [0.1, 0.15) is 16.3 Å². The molecule has 2 heterocycles. The Bertz CT molecular complexity index is 785. The number of aromatic nitrogens is 2. The lowest BCUT2D eigenvalue weighted by molar-refractivity contribution is 0.0529. The zero-order chi connectivity index (χ0) is 13.4. The molecule has 0 radical (unpaired) electrons. The van der Waals surface area contributed by atoms with E-state index in [0.29, 0.717) is 22.7 Å². The molecule has 0 unspecified atom stereocenters. The molecule has 2 aromatic heterocycles. The molecule has 96 valence electrons. The number of carbonyl (C=O) groups excluding carboxylic acids is 1. The molecule has 6 heteroatoms. The molecule has 0 spiro atoms. The van der Waals surface area contributed by atoms with Crippen molar-refractivity contribution in [1.82, 2.24) is 9.97 Å². The van der Waals surface area contributed by atoms with Crippen LogP contribution in [0.4, 0.5) is 0 Å². The summed E-state index contributed by atoms with van der Waals surface area (Å²) in [4.78, 5) is 21.0. The van der Waals surface area contributed by atoms with Crippen molar-refractivity contribution in [3.63, 3.8) is 0 Å². The normalized spacial score (nSPS) is 11.1. The third-order valence-electron chi connectivity index (χ3n) is 2.74. The summed E-state index contributed by atoms with van der Waals surface area (Å²) in [6, 6.07) is 5.49. The molecule has 0 atom stereocenters. The molecule has 0 bridgehead atoms. The van der Waals surface area contributed by atoms with E-state index in [1.54, 1.807) is 13.0 Å². The predicted molar refractivity (Wildman–Crippen MR) is 75.9 cm³/mol. The van der Waals surface area contributed by atoms with E-state index in [9.17, 15) is 4.79 Å². The summed E-state index contributed by atoms with van der Waals surface area (Å²) in [6.07, 6.45) is 1.42. The Kier molecular flexibility index (Phi) is 3.08. The number of fused-ring (bicyclic) bond motifs is 3. The van der Waals surface area contributed by atoms with Crippen molar-refractivity contribution in [3.8, 4) is 0 Å². The van der Waals surface area contributed by atoms with Crippen LogP contribution in [0.15, 0.2) is 24.5 Å². The number of rotatable bonds is 2. The van der Waals surface area contributed by atoms with Crippen LogP contribution in [-0.2, 0) is 4.74 Å². The second-order valence-corrected chi connectivity index (χ2v) is 5.23. The van der Waals surface area contributed by atoms with Crippen LogP contribution in [0, 0.1) is 0 Å². The van der Waals surface area contributed by atoms with Crippen LogP contribution in [0.2, 0.25) is 5.15 Å². The molecule has 0 aliphatic carbocycles. The molecule has 0 fully saturated rings. The van der Waals surface area contributed by atoms with Crippen molar-refractivity contribution < 1.29 is 9.53 Å². The maximum absolute atomic E-state index is 12.0. The minimum atomic E-state index is -0.354. The molecule has 0 saturated heterocycles. The van der Waals surface area contributed by atoms with Gasteiger partial charge in [-0.05, 0) is 19.1 Å². The van der Waals surface area contributed by atoms with E-state index < -0.39 is 0 Å². The highest BCUT2D eigenvalue weighted by Crippen LogP contribution is 2.37. The number of ether oxygens (including phenoxy) is 1. The SMILES string of the molecule is CCOC(=O)c1cccc2sc3ncnc(Cl)c3c12. The van der Waals surface area contributed by atoms with Crippen molar-refractivity contribution >= 4 is 49.2 Å². The van der Waals surface area contributed by atoms with Gasteiger partial charge in [0.2, 0.25) is 0 Å². The van der Waals surface area contributed by atoms with Gasteiger partial charge < -0.3 is 4.74 Å². The van der Waals surface area contributed by atoms with E-state index >= 15 is 0 Å². The van der Waals surface area contributed by atoms with Crippen LogP contribution in [-0.4, -0.2) is 22.5 Å². The van der Waals surface area contributed by atoms with Gasteiger partial charge in [-0.15, -0.1) is 11.3 Å². The fraction of sp³-hybridized carbons (Fsp3) is 0.154. The van der Waals surface area contributed by atoms with Crippen LogP contribution in [0.25, 0.3) is 20.3 Å². The predicted octanol–water partition coefficient (Wildman–Crippen LogP) is 3.67. The van der Waals surface area contributed by atoms with E-state index in [1.165, 1.54) is 17.7 Å². The fourth-order valence-electron chi connectivity index (χ4n) is 1.99. The first-order chi connectivity index (χ1) is 9.22. The first-order valence-corrected chi connectivity index (χ1v) is 6.90. The standard InChI is InChI=1S/C13H9ClN2O2S/c1-2-18-13(17)7-4-3-5-8-9(7)10-11(14)15-6-16-12(10)19-8/h3-6H,2H2,1H3. The lowest BCUT2D eigenvalue weighted by atomic mass is 10.1. The molecule has 19 heavy (non-hydrogen) atoms. The van der Waals surface area contributed by atoms with Gasteiger partial charge in [0.15, 0.2) is 0 Å². The topological polar surface area (TPSA) is 52.1 Å². The zero-order valence-electron chi connectivity index (χ0n) is 10.0. The number of nitrogens with zero attached hydrogens (tertiary/aromatic N) is 2. The minimum Gasteiger partial charge on any atom is -0.462 e. The first-order valence-electron chi connectivity index (χ1n) is 5.71. The lowest BCUT2D eigenvalue weighted by Crippen LogP contribution is -2.04. The van der Waals surface area contributed by atoms with Crippen LogP contribution in [0.5, 0.6) is 0 Å². The monoisotopic (exact) mass is 292 g/mol. The van der Waals surface area contributed by atoms with E-state index in [1.807, 2.05) is 12.1 Å². The van der Waals surface area contributed by atoms with E-state index in [4.69, 9.17) is 16.3 Å². The maximum Gasteiger partial charge on any atom is 0.338 e. The summed E-state index contributed by atoms with van der Waals surface area (Å²) in [6.45, 7) is 2.11. The highest BCUT2D eigenvalue weighted by Gasteiger charge is 2.18. The van der Waals surface area contributed by atoms with E-state index in [2.05, 4.69) is 9.97 Å². The van der Waals surface area contributed by atoms with Crippen LogP contribution in [0.3, 0.4) is 0 Å². The smallest absolute Gasteiger partial charge is 0.338 e. The molecule has 3 aromatic rings. The highest BCUT2D eigenvalue weighted by molar-refractivity contribution is 7.25. The maximum atomic E-state index is 12.0. The molecular formula is C13H9ClN2O2S. The number of thiophene rings is 1. The summed E-state index contributed by atoms with van der Waals surface area (Å²) in [5.41, 5.74) is 0.502. The Hall–Kier alpha value is -1.72. The molecule has 0 saturated carbocycles. The molecule has 0 aliphatic heterocycles. The number of hydrogen-bond donors (Lipinski definition) is 0. The second kappa shape index (κ2) is 4.75. The largest absolute Gasteiger partial charge is 0.462 e. The van der Waals surface area contributed by atoms with Crippen molar-refractivity contribution in [2.45, 2.75) is 6.92 Å². The van der Waals surface area contributed by atoms with Gasteiger partial charge >= 0.3 is 5.97 Å². The highest BCUT2D eigenvalue weighted by atomic mass is 35.5. The Morgan fingerprint density at radius 2 is 2.21 bits per heavy atom. The molecule has 3 rings (SSSR count). The quantitative estimate of drug-likeness (QED) is 0.534. The summed E-state index contributed by atoms with van der Waals surface area (Å²) >= 11 is 7.62. The number of benzene rings is 1. The number of halogens is 1. The molecule has 0 aliphatic rings. The van der Waals surface area contributed by atoms with Gasteiger partial charge in [0.25, 0.3) is 0 Å². The molecular weight excluding hydrogens is 284 g/mol. The molecule has 0 N–H and O–H groups in total.